The van der Waals surface area contributed by atoms with Gasteiger partial charge in [-0.25, -0.2) is 13.4 Å². The summed E-state index contributed by atoms with van der Waals surface area (Å²) in [5, 5.41) is 20.4. The Bertz CT molecular complexity index is 1330. The minimum absolute atomic E-state index is 0.0705. The van der Waals surface area contributed by atoms with Crippen molar-refractivity contribution in [2.75, 3.05) is 16.9 Å². The Labute approximate surface area is 180 Å². The predicted octanol–water partition coefficient (Wildman–Crippen LogP) is 2.41. The summed E-state index contributed by atoms with van der Waals surface area (Å²) < 4.78 is 25.6. The molecule has 2 fully saturated rings. The lowest BCUT2D eigenvalue weighted by molar-refractivity contribution is 0.600. The van der Waals surface area contributed by atoms with E-state index in [0.29, 0.717) is 34.3 Å². The molecule has 0 amide bonds. The lowest BCUT2D eigenvalue weighted by Gasteiger charge is -2.17. The minimum Gasteiger partial charge on any atom is -0.367 e. The first-order chi connectivity index (χ1) is 14.7. The van der Waals surface area contributed by atoms with Crippen LogP contribution < -0.4 is 16.4 Å². The molecule has 2 aliphatic rings. The molecule has 10 heteroatoms. The molecule has 0 aliphatic heterocycles. The lowest BCUT2D eigenvalue weighted by Crippen LogP contribution is -2.21. The molecule has 3 aromatic rings. The summed E-state index contributed by atoms with van der Waals surface area (Å²) in [5.74, 6) is 1.22. The van der Waals surface area contributed by atoms with Crippen molar-refractivity contribution < 1.29 is 8.42 Å². The molecule has 2 aliphatic carbocycles. The van der Waals surface area contributed by atoms with Gasteiger partial charge in [-0.2, -0.15) is 14.9 Å². The van der Waals surface area contributed by atoms with Crippen molar-refractivity contribution in [3.05, 3.63) is 47.2 Å². The first-order valence-electron chi connectivity index (χ1n) is 10.2. The van der Waals surface area contributed by atoms with Crippen molar-refractivity contribution >= 4 is 32.8 Å². The van der Waals surface area contributed by atoms with Crippen LogP contribution in [0.1, 0.15) is 42.4 Å². The van der Waals surface area contributed by atoms with E-state index in [1.54, 1.807) is 4.52 Å². The number of rotatable bonds is 7. The zero-order valence-electron chi connectivity index (χ0n) is 17.1. The Morgan fingerprint density at radius 1 is 1.32 bits per heavy atom. The van der Waals surface area contributed by atoms with Crippen LogP contribution in [0, 0.1) is 11.3 Å². The van der Waals surface area contributed by atoms with Crippen molar-refractivity contribution in [1.29, 1.82) is 5.26 Å². The van der Waals surface area contributed by atoms with Crippen molar-refractivity contribution in [3.63, 3.8) is 0 Å². The van der Waals surface area contributed by atoms with Crippen LogP contribution in [0.25, 0.3) is 5.65 Å². The molecule has 9 nitrogen and oxygen atoms in total. The highest BCUT2D eigenvalue weighted by Gasteiger charge is 2.41. The van der Waals surface area contributed by atoms with Gasteiger partial charge in [0.25, 0.3) is 0 Å². The third kappa shape index (κ3) is 4.06. The van der Waals surface area contributed by atoms with Gasteiger partial charge >= 0.3 is 0 Å². The number of nitrogens with zero attached hydrogens (tertiary/aromatic N) is 4. The van der Waals surface area contributed by atoms with Crippen LogP contribution in [-0.4, -0.2) is 35.3 Å². The molecule has 0 saturated heterocycles. The van der Waals surface area contributed by atoms with Crippen LogP contribution in [0.15, 0.2) is 30.5 Å². The number of nitrogens with two attached hydrogens (primary N) is 1. The quantitative estimate of drug-likeness (QED) is 0.512. The van der Waals surface area contributed by atoms with Crippen molar-refractivity contribution in [2.45, 2.75) is 43.0 Å². The summed E-state index contributed by atoms with van der Waals surface area (Å²) in [6.45, 7) is 0. The molecule has 1 aromatic carbocycles. The van der Waals surface area contributed by atoms with Crippen LogP contribution in [0.3, 0.4) is 0 Å². The van der Waals surface area contributed by atoms with Crippen molar-refractivity contribution in [1.82, 2.24) is 14.6 Å². The monoisotopic (exact) mass is 437 g/mol. The van der Waals surface area contributed by atoms with E-state index >= 15 is 0 Å². The van der Waals surface area contributed by atoms with Gasteiger partial charge in [-0.3, -0.25) is 0 Å². The van der Waals surface area contributed by atoms with Gasteiger partial charge in [-0.05, 0) is 48.9 Å². The Balaban J connectivity index is 1.53. The highest BCUT2D eigenvalue weighted by atomic mass is 32.2. The van der Waals surface area contributed by atoms with E-state index in [1.165, 1.54) is 12.5 Å². The fourth-order valence-electron chi connectivity index (χ4n) is 3.76. The Hall–Kier alpha value is -3.16. The summed E-state index contributed by atoms with van der Waals surface area (Å²) >= 11 is 0. The Morgan fingerprint density at radius 3 is 2.74 bits per heavy atom. The van der Waals surface area contributed by atoms with Gasteiger partial charge < -0.3 is 16.4 Å². The first kappa shape index (κ1) is 19.8. The predicted molar refractivity (Wildman–Crippen MR) is 118 cm³/mol. The lowest BCUT2D eigenvalue weighted by atomic mass is 9.99. The number of sulfone groups is 1. The zero-order chi connectivity index (χ0) is 21.8. The summed E-state index contributed by atoms with van der Waals surface area (Å²) in [4.78, 5) is 4.56. The fraction of sp³-hybridized carbons (Fsp3) is 0.381. The van der Waals surface area contributed by atoms with Crippen LogP contribution in [-0.2, 0) is 21.1 Å². The largest absolute Gasteiger partial charge is 0.367 e. The van der Waals surface area contributed by atoms with Crippen LogP contribution in [0.5, 0.6) is 0 Å². The molecule has 0 radical (unpaired) electrons. The number of benzene rings is 1. The molecule has 0 atom stereocenters. The van der Waals surface area contributed by atoms with Crippen LogP contribution >= 0.6 is 0 Å². The minimum atomic E-state index is -3.22. The Kier molecular flexibility index (Phi) is 4.42. The van der Waals surface area contributed by atoms with Gasteiger partial charge in [0.15, 0.2) is 15.5 Å². The van der Waals surface area contributed by atoms with Gasteiger partial charge in [0.2, 0.25) is 0 Å². The zero-order valence-corrected chi connectivity index (χ0v) is 17.9. The highest BCUT2D eigenvalue weighted by Crippen LogP contribution is 2.45. The number of anilines is 3. The number of hydrogen-bond acceptors (Lipinski definition) is 8. The molecule has 160 valence electrons. The first-order valence-corrected chi connectivity index (χ1v) is 12.2. The fourth-order valence-corrected chi connectivity index (χ4v) is 4.56. The normalized spacial score (nSPS) is 17.3. The topological polar surface area (TPSA) is 138 Å². The third-order valence-electron chi connectivity index (χ3n) is 5.64. The van der Waals surface area contributed by atoms with Crippen molar-refractivity contribution in [2.24, 2.45) is 5.73 Å². The molecule has 0 unspecified atom stereocenters. The second kappa shape index (κ2) is 6.93. The maximum atomic E-state index is 12.0. The molecule has 2 saturated carbocycles. The summed E-state index contributed by atoms with van der Waals surface area (Å²) in [6.07, 6.45) is 6.61. The molecule has 2 heterocycles. The summed E-state index contributed by atoms with van der Waals surface area (Å²) in [6, 6.07) is 9.97. The maximum Gasteiger partial charge on any atom is 0.177 e. The Morgan fingerprint density at radius 2 is 2.10 bits per heavy atom. The van der Waals surface area contributed by atoms with Gasteiger partial charge in [0.1, 0.15) is 23.3 Å². The molecule has 0 bridgehead atoms. The number of nitrogens with one attached hydrogen (secondary N) is 2. The van der Waals surface area contributed by atoms with E-state index in [4.69, 9.17) is 5.73 Å². The van der Waals surface area contributed by atoms with Crippen molar-refractivity contribution in [3.8, 4) is 6.07 Å². The van der Waals surface area contributed by atoms with Gasteiger partial charge in [0, 0.05) is 29.6 Å². The second-order valence-electron chi connectivity index (χ2n) is 8.57. The maximum absolute atomic E-state index is 12.0. The molecule has 0 spiro atoms. The molecular formula is C21H23N7O2S. The van der Waals surface area contributed by atoms with E-state index < -0.39 is 15.4 Å². The average Bonchev–Trinajstić information content (AvgIpc) is 3.61. The van der Waals surface area contributed by atoms with E-state index in [9.17, 15) is 13.7 Å². The third-order valence-corrected chi connectivity index (χ3v) is 6.48. The standard InChI is InChI=1S/C21H23N7O2S/c1-31(29,30)12-13-8-16(4-5-17(13)21(23)6-7-21)25-18-9-19(26-15-2-3-15)28-20(27-18)14(10-22)11-24-28/h4-5,8-9,11,15,26H,2-3,6-7,12,23H2,1H3,(H,25,27). The van der Waals surface area contributed by atoms with Crippen LogP contribution in [0.2, 0.25) is 0 Å². The van der Waals surface area contributed by atoms with Gasteiger partial charge in [-0.15, -0.1) is 0 Å². The van der Waals surface area contributed by atoms with Crippen LogP contribution in [0.4, 0.5) is 17.3 Å². The smallest absolute Gasteiger partial charge is 0.177 e. The van der Waals surface area contributed by atoms with E-state index in [0.717, 1.165) is 37.1 Å². The van der Waals surface area contributed by atoms with Gasteiger partial charge in [-0.1, -0.05) is 6.07 Å². The molecular weight excluding hydrogens is 414 g/mol. The SMILES string of the molecule is CS(=O)(=O)Cc1cc(Nc2cc(NC3CC3)n3ncc(C#N)c3n2)ccc1C1(N)CC1. The molecule has 4 N–H and O–H groups in total. The summed E-state index contributed by atoms with van der Waals surface area (Å²) in [7, 11) is -3.22. The van der Waals surface area contributed by atoms with Gasteiger partial charge in [0.05, 0.1) is 11.9 Å². The number of fused-ring (bicyclic) bond motifs is 1. The number of aromatic nitrogens is 3. The number of hydrogen-bond donors (Lipinski definition) is 3. The van der Waals surface area contributed by atoms with E-state index in [1.807, 2.05) is 24.3 Å². The molecule has 31 heavy (non-hydrogen) atoms. The average molecular weight is 438 g/mol. The molecule has 5 rings (SSSR count). The van der Waals surface area contributed by atoms with E-state index in [2.05, 4.69) is 26.8 Å². The van der Waals surface area contributed by atoms with E-state index in [-0.39, 0.29) is 5.75 Å². The summed E-state index contributed by atoms with van der Waals surface area (Å²) in [5.41, 5.74) is 9.07. The number of nitriles is 1. The highest BCUT2D eigenvalue weighted by molar-refractivity contribution is 7.89. The second-order valence-corrected chi connectivity index (χ2v) is 10.7. The molecule has 2 aromatic heterocycles.